The summed E-state index contributed by atoms with van der Waals surface area (Å²) in [5.74, 6) is -0.689. The summed E-state index contributed by atoms with van der Waals surface area (Å²) in [4.78, 5) is 28.3. The third-order valence-corrected chi connectivity index (χ3v) is 6.50. The Morgan fingerprint density at radius 3 is 2.08 bits per heavy atom. The average molecular weight is 486 g/mol. The van der Waals surface area contributed by atoms with Crippen molar-refractivity contribution in [3.05, 3.63) is 94.6 Å². The van der Waals surface area contributed by atoms with Crippen LogP contribution in [0.4, 0.5) is 5.69 Å². The van der Waals surface area contributed by atoms with Crippen LogP contribution in [-0.2, 0) is 15.0 Å². The van der Waals surface area contributed by atoms with E-state index in [4.69, 9.17) is 9.47 Å². The number of ether oxygens (including phenoxy) is 2. The van der Waals surface area contributed by atoms with Crippen molar-refractivity contribution in [2.75, 3.05) is 19.1 Å². The van der Waals surface area contributed by atoms with Crippen molar-refractivity contribution in [3.63, 3.8) is 0 Å². The van der Waals surface area contributed by atoms with E-state index in [9.17, 15) is 14.7 Å². The maximum Gasteiger partial charge on any atom is 0.300 e. The Labute approximate surface area is 211 Å². The number of anilines is 1. The fraction of sp³-hybridized carbons (Fsp3) is 0.267. The summed E-state index contributed by atoms with van der Waals surface area (Å²) in [6, 6.07) is 19.3. The molecule has 1 amide bonds. The summed E-state index contributed by atoms with van der Waals surface area (Å²) in [6.45, 7) is 8.25. The Morgan fingerprint density at radius 2 is 1.53 bits per heavy atom. The lowest BCUT2D eigenvalue weighted by Gasteiger charge is -2.27. The van der Waals surface area contributed by atoms with Crippen LogP contribution in [0.25, 0.3) is 5.76 Å². The van der Waals surface area contributed by atoms with E-state index in [1.54, 1.807) is 43.5 Å². The van der Waals surface area contributed by atoms with Crippen LogP contribution in [0, 0.1) is 6.92 Å². The second kappa shape index (κ2) is 9.53. The number of ketones is 1. The van der Waals surface area contributed by atoms with Gasteiger partial charge in [0.2, 0.25) is 0 Å². The molecule has 6 nitrogen and oxygen atoms in total. The molecule has 0 bridgehead atoms. The monoisotopic (exact) mass is 485 g/mol. The Hall–Kier alpha value is -4.06. The van der Waals surface area contributed by atoms with E-state index in [0.717, 1.165) is 11.1 Å². The first-order valence-corrected chi connectivity index (χ1v) is 11.8. The van der Waals surface area contributed by atoms with Gasteiger partial charge in [-0.05, 0) is 59.9 Å². The number of Topliss-reactive ketones (excluding diaryl/α,β-unsaturated/α-hetero) is 1. The number of amides is 1. The molecule has 0 radical (unpaired) electrons. The number of hydrogen-bond donors (Lipinski definition) is 1. The number of methoxy groups -OCH3 is 2. The van der Waals surface area contributed by atoms with E-state index in [-0.39, 0.29) is 16.7 Å². The molecule has 186 valence electrons. The predicted octanol–water partition coefficient (Wildman–Crippen LogP) is 5.94. The lowest BCUT2D eigenvalue weighted by atomic mass is 9.85. The van der Waals surface area contributed by atoms with E-state index in [1.807, 2.05) is 37.3 Å². The molecular weight excluding hydrogens is 454 g/mol. The second-order valence-corrected chi connectivity index (χ2v) is 9.94. The summed E-state index contributed by atoms with van der Waals surface area (Å²) >= 11 is 0. The number of nitrogens with zero attached hydrogens (tertiary/aromatic N) is 1. The third kappa shape index (κ3) is 4.47. The number of rotatable bonds is 5. The van der Waals surface area contributed by atoms with Gasteiger partial charge in [-0.1, -0.05) is 56.7 Å². The first kappa shape index (κ1) is 25.0. The standard InChI is InChI=1S/C30H31NO5/c1-18-7-16-24(36-6)23(17-18)27(32)25-26(19-8-10-20(11-9-19)30(2,3)4)31(29(34)28(25)33)21-12-14-22(35-5)15-13-21/h7-17,26,32H,1-6H3/b27-25+. The molecule has 1 aliphatic heterocycles. The molecule has 3 aromatic rings. The van der Waals surface area contributed by atoms with Gasteiger partial charge in [-0.3, -0.25) is 14.5 Å². The molecule has 1 unspecified atom stereocenters. The van der Waals surface area contributed by atoms with Gasteiger partial charge in [-0.25, -0.2) is 0 Å². The molecule has 1 N–H and O–H groups in total. The first-order chi connectivity index (χ1) is 17.1. The minimum absolute atomic E-state index is 0.0169. The van der Waals surface area contributed by atoms with Crippen molar-refractivity contribution in [2.45, 2.75) is 39.2 Å². The summed E-state index contributed by atoms with van der Waals surface area (Å²) < 4.78 is 10.7. The normalized spacial score (nSPS) is 17.4. The molecular formula is C30H31NO5. The molecule has 4 rings (SSSR count). The van der Waals surface area contributed by atoms with Crippen molar-refractivity contribution in [1.29, 1.82) is 0 Å². The molecule has 0 saturated carbocycles. The minimum atomic E-state index is -0.822. The second-order valence-electron chi connectivity index (χ2n) is 9.94. The number of aryl methyl sites for hydroxylation is 1. The number of aliphatic hydroxyl groups excluding tert-OH is 1. The molecule has 0 aliphatic carbocycles. The molecule has 1 fully saturated rings. The molecule has 0 aromatic heterocycles. The lowest BCUT2D eigenvalue weighted by Crippen LogP contribution is -2.29. The van der Waals surface area contributed by atoms with Gasteiger partial charge in [0.05, 0.1) is 31.4 Å². The highest BCUT2D eigenvalue weighted by molar-refractivity contribution is 6.51. The van der Waals surface area contributed by atoms with E-state index in [0.29, 0.717) is 28.3 Å². The number of carbonyl (C=O) groups is 2. The van der Waals surface area contributed by atoms with Crippen molar-refractivity contribution in [3.8, 4) is 11.5 Å². The van der Waals surface area contributed by atoms with Gasteiger partial charge in [-0.2, -0.15) is 0 Å². The zero-order valence-corrected chi connectivity index (χ0v) is 21.5. The van der Waals surface area contributed by atoms with Crippen LogP contribution < -0.4 is 14.4 Å². The van der Waals surface area contributed by atoms with Gasteiger partial charge in [-0.15, -0.1) is 0 Å². The van der Waals surface area contributed by atoms with Crippen LogP contribution in [-0.4, -0.2) is 31.0 Å². The maximum absolute atomic E-state index is 13.4. The van der Waals surface area contributed by atoms with Crippen LogP contribution >= 0.6 is 0 Å². The van der Waals surface area contributed by atoms with Crippen LogP contribution in [0.3, 0.4) is 0 Å². The first-order valence-electron chi connectivity index (χ1n) is 11.8. The number of carbonyl (C=O) groups excluding carboxylic acids is 2. The SMILES string of the molecule is COc1ccc(N2C(=O)C(=O)/C(=C(/O)c3cc(C)ccc3OC)C2c2ccc(C(C)(C)C)cc2)cc1. The zero-order chi connectivity index (χ0) is 26.2. The Morgan fingerprint density at radius 1 is 0.889 bits per heavy atom. The molecule has 3 aromatic carbocycles. The van der Waals surface area contributed by atoms with Crippen molar-refractivity contribution < 1.29 is 24.2 Å². The molecule has 1 heterocycles. The molecule has 1 aliphatic rings. The largest absolute Gasteiger partial charge is 0.507 e. The van der Waals surface area contributed by atoms with Gasteiger partial charge in [0.25, 0.3) is 11.7 Å². The molecule has 6 heteroatoms. The number of benzene rings is 3. The molecule has 1 atom stereocenters. The summed E-state index contributed by atoms with van der Waals surface area (Å²) in [5, 5.41) is 11.5. The highest BCUT2D eigenvalue weighted by Gasteiger charge is 2.47. The maximum atomic E-state index is 13.4. The van der Waals surface area contributed by atoms with E-state index < -0.39 is 17.7 Å². The van der Waals surface area contributed by atoms with Crippen molar-refractivity contribution in [2.24, 2.45) is 0 Å². The van der Waals surface area contributed by atoms with Crippen molar-refractivity contribution >= 4 is 23.1 Å². The van der Waals surface area contributed by atoms with E-state index in [1.165, 1.54) is 12.0 Å². The zero-order valence-electron chi connectivity index (χ0n) is 21.5. The highest BCUT2D eigenvalue weighted by atomic mass is 16.5. The fourth-order valence-electron chi connectivity index (χ4n) is 4.47. The summed E-state index contributed by atoms with van der Waals surface area (Å²) in [5.41, 5.74) is 3.56. The van der Waals surface area contributed by atoms with E-state index >= 15 is 0 Å². The molecule has 0 spiro atoms. The third-order valence-electron chi connectivity index (χ3n) is 6.50. The Balaban J connectivity index is 1.95. The Bertz CT molecular complexity index is 1330. The molecule has 1 saturated heterocycles. The minimum Gasteiger partial charge on any atom is -0.507 e. The van der Waals surface area contributed by atoms with Gasteiger partial charge >= 0.3 is 0 Å². The average Bonchev–Trinajstić information content (AvgIpc) is 3.13. The fourth-order valence-corrected chi connectivity index (χ4v) is 4.47. The van der Waals surface area contributed by atoms with Gasteiger partial charge in [0, 0.05) is 5.69 Å². The predicted molar refractivity (Wildman–Crippen MR) is 141 cm³/mol. The topological polar surface area (TPSA) is 76.1 Å². The van der Waals surface area contributed by atoms with Gasteiger partial charge < -0.3 is 14.6 Å². The summed E-state index contributed by atoms with van der Waals surface area (Å²) in [7, 11) is 3.06. The smallest absolute Gasteiger partial charge is 0.300 e. The Kier molecular flexibility index (Phi) is 6.63. The number of aliphatic hydroxyl groups is 1. The van der Waals surface area contributed by atoms with Crippen LogP contribution in [0.2, 0.25) is 0 Å². The summed E-state index contributed by atoms with van der Waals surface area (Å²) in [6.07, 6.45) is 0. The van der Waals surface area contributed by atoms with Crippen LogP contribution in [0.1, 0.15) is 49.1 Å². The number of hydrogen-bond acceptors (Lipinski definition) is 5. The lowest BCUT2D eigenvalue weighted by molar-refractivity contribution is -0.132. The van der Waals surface area contributed by atoms with Gasteiger partial charge in [0.15, 0.2) is 0 Å². The van der Waals surface area contributed by atoms with Crippen molar-refractivity contribution in [1.82, 2.24) is 0 Å². The quantitative estimate of drug-likeness (QED) is 0.275. The van der Waals surface area contributed by atoms with Crippen LogP contribution in [0.15, 0.2) is 72.3 Å². The highest BCUT2D eigenvalue weighted by Crippen LogP contribution is 2.44. The van der Waals surface area contributed by atoms with Crippen LogP contribution in [0.5, 0.6) is 11.5 Å². The molecule has 36 heavy (non-hydrogen) atoms. The van der Waals surface area contributed by atoms with E-state index in [2.05, 4.69) is 20.8 Å². The van der Waals surface area contributed by atoms with Gasteiger partial charge in [0.1, 0.15) is 17.3 Å².